The van der Waals surface area contributed by atoms with Gasteiger partial charge in [-0.2, -0.15) is 0 Å². The van der Waals surface area contributed by atoms with Gasteiger partial charge in [0.15, 0.2) is 0 Å². The highest BCUT2D eigenvalue weighted by atomic mass is 14.6. The van der Waals surface area contributed by atoms with Gasteiger partial charge in [-0.05, 0) is 11.6 Å². The van der Waals surface area contributed by atoms with Crippen LogP contribution in [0.2, 0.25) is 0 Å². The van der Waals surface area contributed by atoms with Crippen molar-refractivity contribution >= 4 is 0 Å². The predicted molar refractivity (Wildman–Crippen MR) is 78.3 cm³/mol. The summed E-state index contributed by atoms with van der Waals surface area (Å²) >= 11 is 0. The zero-order valence-electron chi connectivity index (χ0n) is 11.3. The smallest absolute Gasteiger partial charge is 0.0381 e. The van der Waals surface area contributed by atoms with Crippen molar-refractivity contribution in [3.05, 3.63) is 61.4 Å². The van der Waals surface area contributed by atoms with Gasteiger partial charge in [-0.1, -0.05) is 78.2 Å². The third-order valence-electron chi connectivity index (χ3n) is 1.10. The van der Waals surface area contributed by atoms with Gasteiger partial charge in [-0.15, -0.1) is 0 Å². The number of allylic oxidation sites excluding steroid dienone is 5. The summed E-state index contributed by atoms with van der Waals surface area (Å²) < 4.78 is 0. The van der Waals surface area contributed by atoms with Crippen LogP contribution in [0.15, 0.2) is 61.4 Å². The average Bonchev–Trinajstić information content (AvgIpc) is 2.30. The van der Waals surface area contributed by atoms with Crippen LogP contribution in [0, 0.1) is 0 Å². The molecule has 0 spiro atoms. The first-order valence-electron chi connectivity index (χ1n) is 5.70. The summed E-state index contributed by atoms with van der Waals surface area (Å²) in [6.07, 6.45) is 9.83. The van der Waals surface area contributed by atoms with Crippen LogP contribution in [0.3, 0.4) is 0 Å². The van der Waals surface area contributed by atoms with Crippen molar-refractivity contribution in [2.24, 2.45) is 5.73 Å². The van der Waals surface area contributed by atoms with E-state index in [0.717, 1.165) is 5.57 Å². The minimum absolute atomic E-state index is 0.623. The summed E-state index contributed by atoms with van der Waals surface area (Å²) in [7, 11) is 0. The Morgan fingerprint density at radius 1 is 1.12 bits per heavy atom. The Balaban J connectivity index is -0.000000289. The maximum absolute atomic E-state index is 5.57. The maximum atomic E-state index is 5.57. The Hall–Kier alpha value is -1.50. The van der Waals surface area contributed by atoms with Gasteiger partial charge in [0.2, 0.25) is 0 Å². The number of rotatable bonds is 4. The molecule has 0 saturated carbocycles. The van der Waals surface area contributed by atoms with E-state index in [1.54, 1.807) is 30.4 Å². The molecule has 0 aromatic rings. The van der Waals surface area contributed by atoms with E-state index >= 15 is 0 Å². The molecule has 0 aromatic carbocycles. The molecule has 0 fully saturated rings. The van der Waals surface area contributed by atoms with Gasteiger partial charge in [0, 0.05) is 5.70 Å². The predicted octanol–water partition coefficient (Wildman–Crippen LogP) is 4.76. The van der Waals surface area contributed by atoms with E-state index < -0.39 is 0 Å². The van der Waals surface area contributed by atoms with Crippen LogP contribution in [0.25, 0.3) is 0 Å². The molecule has 0 saturated heterocycles. The molecule has 0 atom stereocenters. The van der Waals surface area contributed by atoms with Crippen LogP contribution in [0.1, 0.15) is 34.1 Å². The quantitative estimate of drug-likeness (QED) is 0.681. The topological polar surface area (TPSA) is 26.0 Å². The number of hydrogen-bond acceptors (Lipinski definition) is 1. The summed E-state index contributed by atoms with van der Waals surface area (Å²) in [6.45, 7) is 19.0. The second-order valence-electron chi connectivity index (χ2n) is 2.68. The van der Waals surface area contributed by atoms with Gasteiger partial charge in [-0.3, -0.25) is 0 Å². The zero-order valence-corrected chi connectivity index (χ0v) is 11.3. The SMILES string of the molecule is C=C/C=C\C(=C)/C(N)=C\C=C.CC.CCC. The van der Waals surface area contributed by atoms with Crippen LogP contribution in [0.4, 0.5) is 0 Å². The van der Waals surface area contributed by atoms with Gasteiger partial charge < -0.3 is 5.73 Å². The highest BCUT2D eigenvalue weighted by molar-refractivity contribution is 5.37. The fraction of sp³-hybridized carbons (Fsp3) is 0.333. The van der Waals surface area contributed by atoms with Crippen LogP contribution < -0.4 is 5.73 Å². The molecule has 1 heteroatoms. The molecule has 0 amide bonds. The molecule has 0 aromatic heterocycles. The van der Waals surface area contributed by atoms with Crippen molar-refractivity contribution in [3.63, 3.8) is 0 Å². The summed E-state index contributed by atoms with van der Waals surface area (Å²) in [5, 5.41) is 0. The lowest BCUT2D eigenvalue weighted by Gasteiger charge is -1.96. The van der Waals surface area contributed by atoms with Gasteiger partial charge in [-0.25, -0.2) is 0 Å². The molecule has 1 nitrogen and oxygen atoms in total. The Morgan fingerprint density at radius 3 is 1.88 bits per heavy atom. The van der Waals surface area contributed by atoms with Crippen LogP contribution in [-0.4, -0.2) is 0 Å². The first-order chi connectivity index (χ1) is 7.63. The Morgan fingerprint density at radius 2 is 1.56 bits per heavy atom. The lowest BCUT2D eigenvalue weighted by Crippen LogP contribution is -1.97. The van der Waals surface area contributed by atoms with E-state index in [1.807, 2.05) is 13.8 Å². The largest absolute Gasteiger partial charge is 0.398 e. The normalized spacial score (nSPS) is 9.38. The van der Waals surface area contributed by atoms with Crippen molar-refractivity contribution in [1.29, 1.82) is 0 Å². The summed E-state index contributed by atoms with van der Waals surface area (Å²) in [5.41, 5.74) is 6.96. The third kappa shape index (κ3) is 18.3. The molecule has 0 unspecified atom stereocenters. The maximum Gasteiger partial charge on any atom is 0.0381 e. The van der Waals surface area contributed by atoms with Crippen molar-refractivity contribution in [3.8, 4) is 0 Å². The lowest BCUT2D eigenvalue weighted by atomic mass is 10.2. The molecule has 0 radical (unpaired) electrons. The molecule has 0 aliphatic rings. The number of hydrogen-bond donors (Lipinski definition) is 1. The van der Waals surface area contributed by atoms with E-state index in [1.165, 1.54) is 6.42 Å². The molecule has 0 aliphatic heterocycles. The molecular weight excluding hydrogens is 194 g/mol. The summed E-state index contributed by atoms with van der Waals surface area (Å²) in [6, 6.07) is 0. The van der Waals surface area contributed by atoms with Crippen LogP contribution in [0.5, 0.6) is 0 Å². The second-order valence-corrected chi connectivity index (χ2v) is 2.68. The first-order valence-corrected chi connectivity index (χ1v) is 5.70. The van der Waals surface area contributed by atoms with E-state index in [0.29, 0.717) is 5.70 Å². The van der Waals surface area contributed by atoms with Crippen molar-refractivity contribution < 1.29 is 0 Å². The van der Waals surface area contributed by atoms with Crippen LogP contribution >= 0.6 is 0 Å². The Kier molecular flexibility index (Phi) is 23.9. The Bertz CT molecular complexity index is 232. The van der Waals surface area contributed by atoms with E-state index in [9.17, 15) is 0 Å². The fourth-order valence-electron chi connectivity index (χ4n) is 0.514. The average molecular weight is 221 g/mol. The standard InChI is InChI=1S/C10H13N.C3H8.C2H6/c1-4-6-8-9(3)10(11)7-5-2;1-3-2;1-2/h4-8H,1-3,11H2;3H2,1-2H3;1-2H3/b8-6-,10-7+;;. The number of nitrogens with two attached hydrogens (primary N) is 1. The minimum Gasteiger partial charge on any atom is -0.398 e. The summed E-state index contributed by atoms with van der Waals surface area (Å²) in [4.78, 5) is 0. The molecule has 0 heterocycles. The molecule has 0 aliphatic carbocycles. The van der Waals surface area contributed by atoms with Gasteiger partial charge >= 0.3 is 0 Å². The van der Waals surface area contributed by atoms with Crippen LogP contribution in [-0.2, 0) is 0 Å². The zero-order chi connectivity index (χ0) is 13.4. The van der Waals surface area contributed by atoms with Crippen molar-refractivity contribution in [2.75, 3.05) is 0 Å². The van der Waals surface area contributed by atoms with E-state index in [2.05, 4.69) is 33.6 Å². The third-order valence-corrected chi connectivity index (χ3v) is 1.10. The molecule has 2 N–H and O–H groups in total. The van der Waals surface area contributed by atoms with Crippen molar-refractivity contribution in [1.82, 2.24) is 0 Å². The first kappa shape index (κ1) is 20.0. The minimum atomic E-state index is 0.623. The van der Waals surface area contributed by atoms with Gasteiger partial charge in [0.05, 0.1) is 0 Å². The Labute approximate surface area is 102 Å². The molecule has 16 heavy (non-hydrogen) atoms. The highest BCUT2D eigenvalue weighted by Gasteiger charge is 1.88. The summed E-state index contributed by atoms with van der Waals surface area (Å²) in [5.74, 6) is 0. The monoisotopic (exact) mass is 221 g/mol. The molecular formula is C15H27N. The van der Waals surface area contributed by atoms with Gasteiger partial charge in [0.1, 0.15) is 0 Å². The second kappa shape index (κ2) is 19.1. The molecule has 0 rings (SSSR count). The lowest BCUT2D eigenvalue weighted by molar-refractivity contribution is 1.09. The fourth-order valence-corrected chi connectivity index (χ4v) is 0.514. The highest BCUT2D eigenvalue weighted by Crippen LogP contribution is 2.02. The van der Waals surface area contributed by atoms with E-state index in [-0.39, 0.29) is 0 Å². The van der Waals surface area contributed by atoms with Crippen molar-refractivity contribution in [2.45, 2.75) is 34.1 Å². The van der Waals surface area contributed by atoms with E-state index in [4.69, 9.17) is 5.73 Å². The molecule has 92 valence electrons. The van der Waals surface area contributed by atoms with Gasteiger partial charge in [0.25, 0.3) is 0 Å². The molecule has 0 bridgehead atoms.